The van der Waals surface area contributed by atoms with E-state index in [1.165, 1.54) is 0 Å². The first-order valence-electron chi connectivity index (χ1n) is 5.05. The Hall–Kier alpha value is -0.800. The third kappa shape index (κ3) is 1.83. The van der Waals surface area contributed by atoms with Gasteiger partial charge in [0, 0.05) is 13.7 Å². The van der Waals surface area contributed by atoms with Gasteiger partial charge in [-0.3, -0.25) is 0 Å². The predicted molar refractivity (Wildman–Crippen MR) is 52.1 cm³/mol. The maximum atomic E-state index is 5.67. The van der Waals surface area contributed by atoms with Gasteiger partial charge in [0.15, 0.2) is 0 Å². The van der Waals surface area contributed by atoms with E-state index in [-0.39, 0.29) is 12.2 Å². The zero-order chi connectivity index (χ0) is 9.97. The van der Waals surface area contributed by atoms with Crippen molar-refractivity contribution < 1.29 is 13.9 Å². The number of ether oxygens (including phenoxy) is 2. The highest BCUT2D eigenvalue weighted by molar-refractivity contribution is 5.11. The normalized spacial score (nSPS) is 24.0. The van der Waals surface area contributed by atoms with Crippen LogP contribution in [-0.4, -0.2) is 13.7 Å². The first-order chi connectivity index (χ1) is 6.81. The zero-order valence-corrected chi connectivity index (χ0v) is 8.66. The van der Waals surface area contributed by atoms with Crippen LogP contribution < -0.4 is 0 Å². The fraction of sp³-hybridized carbons (Fsp3) is 0.636. The van der Waals surface area contributed by atoms with E-state index < -0.39 is 0 Å². The lowest BCUT2D eigenvalue weighted by Crippen LogP contribution is -1.95. The third-order valence-corrected chi connectivity index (χ3v) is 2.65. The molecule has 1 aromatic rings. The molecule has 0 N–H and O–H groups in total. The van der Waals surface area contributed by atoms with Crippen LogP contribution in [0.1, 0.15) is 43.5 Å². The highest BCUT2D eigenvalue weighted by atomic mass is 16.5. The summed E-state index contributed by atoms with van der Waals surface area (Å²) < 4.78 is 16.4. The summed E-state index contributed by atoms with van der Waals surface area (Å²) in [6.07, 6.45) is 2.37. The van der Waals surface area contributed by atoms with Crippen LogP contribution in [0.2, 0.25) is 0 Å². The van der Waals surface area contributed by atoms with Crippen LogP contribution >= 0.6 is 0 Å². The van der Waals surface area contributed by atoms with Crippen molar-refractivity contribution in [2.45, 2.75) is 32.0 Å². The van der Waals surface area contributed by atoms with Crippen LogP contribution in [0, 0.1) is 0 Å². The number of rotatable bonds is 3. The molecule has 0 unspecified atom stereocenters. The maximum absolute atomic E-state index is 5.67. The van der Waals surface area contributed by atoms with Gasteiger partial charge < -0.3 is 13.9 Å². The van der Waals surface area contributed by atoms with Gasteiger partial charge in [-0.15, -0.1) is 0 Å². The second-order valence-corrected chi connectivity index (χ2v) is 3.62. The van der Waals surface area contributed by atoms with E-state index in [0.29, 0.717) is 0 Å². The molecule has 0 radical (unpaired) electrons. The molecule has 2 heterocycles. The van der Waals surface area contributed by atoms with Gasteiger partial charge in [0.1, 0.15) is 23.7 Å². The SMILES string of the molecule is CO[C@@H](C)c1ccc([C@@H]2CCCO2)o1. The molecule has 78 valence electrons. The molecule has 1 saturated heterocycles. The van der Waals surface area contributed by atoms with E-state index >= 15 is 0 Å². The van der Waals surface area contributed by atoms with Gasteiger partial charge in [0.25, 0.3) is 0 Å². The summed E-state index contributed by atoms with van der Waals surface area (Å²) in [4.78, 5) is 0. The topological polar surface area (TPSA) is 31.6 Å². The minimum atomic E-state index is 0.0187. The molecule has 1 aliphatic heterocycles. The van der Waals surface area contributed by atoms with Crippen LogP contribution in [-0.2, 0) is 9.47 Å². The quantitative estimate of drug-likeness (QED) is 0.745. The Morgan fingerprint density at radius 2 is 2.36 bits per heavy atom. The van der Waals surface area contributed by atoms with Crippen LogP contribution in [0.3, 0.4) is 0 Å². The van der Waals surface area contributed by atoms with Crippen molar-refractivity contribution >= 4 is 0 Å². The fourth-order valence-corrected chi connectivity index (χ4v) is 1.68. The first kappa shape index (κ1) is 9.74. The Balaban J connectivity index is 2.08. The molecule has 0 aromatic carbocycles. The third-order valence-electron chi connectivity index (χ3n) is 2.65. The summed E-state index contributed by atoms with van der Waals surface area (Å²) >= 11 is 0. The summed E-state index contributed by atoms with van der Waals surface area (Å²) in [5.41, 5.74) is 0. The second-order valence-electron chi connectivity index (χ2n) is 3.62. The Kier molecular flexibility index (Phi) is 2.89. The molecule has 0 spiro atoms. The average Bonchev–Trinajstić information content (AvgIpc) is 2.86. The van der Waals surface area contributed by atoms with Gasteiger partial charge in [0.05, 0.1) is 0 Å². The Bertz CT molecular complexity index is 286. The molecule has 1 aliphatic rings. The molecular weight excluding hydrogens is 180 g/mol. The molecule has 0 aliphatic carbocycles. The minimum Gasteiger partial charge on any atom is -0.461 e. The van der Waals surface area contributed by atoms with E-state index in [0.717, 1.165) is 31.0 Å². The molecule has 3 heteroatoms. The lowest BCUT2D eigenvalue weighted by Gasteiger charge is -2.07. The maximum Gasteiger partial charge on any atom is 0.133 e. The predicted octanol–water partition coefficient (Wildman–Crippen LogP) is 2.84. The summed E-state index contributed by atoms with van der Waals surface area (Å²) in [7, 11) is 1.68. The van der Waals surface area contributed by atoms with Gasteiger partial charge in [-0.2, -0.15) is 0 Å². The molecule has 1 aromatic heterocycles. The lowest BCUT2D eigenvalue weighted by atomic mass is 10.2. The van der Waals surface area contributed by atoms with E-state index in [2.05, 4.69) is 0 Å². The highest BCUT2D eigenvalue weighted by Gasteiger charge is 2.21. The summed E-state index contributed by atoms with van der Waals surface area (Å²) in [6.45, 7) is 2.82. The number of furan rings is 1. The van der Waals surface area contributed by atoms with Crippen LogP contribution in [0.4, 0.5) is 0 Å². The summed E-state index contributed by atoms with van der Waals surface area (Å²) in [6, 6.07) is 3.95. The standard InChI is InChI=1S/C11H16O3/c1-8(12-2)9-5-6-11(14-9)10-4-3-7-13-10/h5-6,8,10H,3-4,7H2,1-2H3/t8-,10-/m0/s1. The monoisotopic (exact) mass is 196 g/mol. The molecule has 14 heavy (non-hydrogen) atoms. The van der Waals surface area contributed by atoms with Crippen molar-refractivity contribution in [2.24, 2.45) is 0 Å². The Morgan fingerprint density at radius 1 is 1.50 bits per heavy atom. The molecular formula is C11H16O3. The van der Waals surface area contributed by atoms with Crippen molar-refractivity contribution in [1.29, 1.82) is 0 Å². The van der Waals surface area contributed by atoms with Crippen molar-refractivity contribution in [3.05, 3.63) is 23.7 Å². The Labute approximate surface area is 84.0 Å². The number of hydrogen-bond donors (Lipinski definition) is 0. The Morgan fingerprint density at radius 3 is 3.00 bits per heavy atom. The second kappa shape index (κ2) is 4.15. The van der Waals surface area contributed by atoms with Crippen LogP contribution in [0.5, 0.6) is 0 Å². The summed E-state index contributed by atoms with van der Waals surface area (Å²) in [5.74, 6) is 1.81. The molecule has 1 fully saturated rings. The van der Waals surface area contributed by atoms with Crippen molar-refractivity contribution in [1.82, 2.24) is 0 Å². The van der Waals surface area contributed by atoms with Gasteiger partial charge in [-0.05, 0) is 31.9 Å². The molecule has 3 nitrogen and oxygen atoms in total. The average molecular weight is 196 g/mol. The van der Waals surface area contributed by atoms with E-state index in [1.54, 1.807) is 7.11 Å². The van der Waals surface area contributed by atoms with Gasteiger partial charge in [-0.25, -0.2) is 0 Å². The van der Waals surface area contributed by atoms with Gasteiger partial charge in [0.2, 0.25) is 0 Å². The van der Waals surface area contributed by atoms with Crippen LogP contribution in [0.15, 0.2) is 16.5 Å². The van der Waals surface area contributed by atoms with Crippen molar-refractivity contribution in [3.8, 4) is 0 Å². The molecule has 0 amide bonds. The molecule has 2 rings (SSSR count). The largest absolute Gasteiger partial charge is 0.461 e. The van der Waals surface area contributed by atoms with E-state index in [9.17, 15) is 0 Å². The molecule has 0 saturated carbocycles. The molecule has 0 bridgehead atoms. The van der Waals surface area contributed by atoms with E-state index in [4.69, 9.17) is 13.9 Å². The first-order valence-corrected chi connectivity index (χ1v) is 5.05. The highest BCUT2D eigenvalue weighted by Crippen LogP contribution is 2.31. The van der Waals surface area contributed by atoms with E-state index in [1.807, 2.05) is 19.1 Å². The van der Waals surface area contributed by atoms with Crippen molar-refractivity contribution in [3.63, 3.8) is 0 Å². The number of methoxy groups -OCH3 is 1. The number of hydrogen-bond acceptors (Lipinski definition) is 3. The van der Waals surface area contributed by atoms with Crippen molar-refractivity contribution in [2.75, 3.05) is 13.7 Å². The minimum absolute atomic E-state index is 0.0187. The fourth-order valence-electron chi connectivity index (χ4n) is 1.68. The summed E-state index contributed by atoms with van der Waals surface area (Å²) in [5, 5.41) is 0. The van der Waals surface area contributed by atoms with Gasteiger partial charge in [-0.1, -0.05) is 0 Å². The zero-order valence-electron chi connectivity index (χ0n) is 8.66. The lowest BCUT2D eigenvalue weighted by molar-refractivity contribution is 0.0755. The molecule has 2 atom stereocenters. The van der Waals surface area contributed by atoms with Crippen LogP contribution in [0.25, 0.3) is 0 Å². The smallest absolute Gasteiger partial charge is 0.133 e. The van der Waals surface area contributed by atoms with Gasteiger partial charge >= 0.3 is 0 Å².